The van der Waals surface area contributed by atoms with E-state index in [4.69, 9.17) is 20.3 Å². The number of hydrogen-bond acceptors (Lipinski definition) is 12. The van der Waals surface area contributed by atoms with E-state index in [0.717, 1.165) is 5.56 Å². The highest BCUT2D eigenvalue weighted by Gasteiger charge is 2.31. The average Bonchev–Trinajstić information content (AvgIpc) is 2.96. The van der Waals surface area contributed by atoms with E-state index in [1.165, 1.54) is 25.0 Å². The Kier molecular flexibility index (Phi) is 18.8. The Morgan fingerprint density at radius 2 is 1.51 bits per heavy atom. The van der Waals surface area contributed by atoms with E-state index in [0.29, 0.717) is 24.5 Å². The first kappa shape index (κ1) is 39.6. The Labute approximate surface area is 264 Å². The van der Waals surface area contributed by atoms with Crippen LogP contribution in [0.25, 0.3) is 0 Å². The summed E-state index contributed by atoms with van der Waals surface area (Å²) < 4.78 is 22.8. The number of benzene rings is 2. The molecule has 0 aliphatic rings. The van der Waals surface area contributed by atoms with Crippen LogP contribution < -0.4 is 21.5 Å². The van der Waals surface area contributed by atoms with Crippen LogP contribution in [0.2, 0.25) is 13.6 Å². The Hall–Kier alpha value is -3.43. The molecule has 18 heteroatoms. The van der Waals surface area contributed by atoms with E-state index in [1.54, 1.807) is 31.1 Å². The standard InChI is InChI=1S/C17H29BN3O5P.C10H13BN2O5/c1-4-25-17(26-5-2)27(24)10-9-20-16(22)12-15(21-18(3)23)13-7-6-8-14(19)11-13;1-11(16)12-9(6-10(14)15)7-3-2-4-8(5-7)13(17)18/h6-8,11,15,17,21,23H,4-5,9-10,12,19H2,1-3H3;2-5,9,12,16H,6H2,1H3,(H,14,15)/p+1/t15-;9-/m00/s1. The maximum Gasteiger partial charge on any atom is 0.403 e. The highest BCUT2D eigenvalue weighted by Crippen LogP contribution is 2.29. The summed E-state index contributed by atoms with van der Waals surface area (Å²) >= 11 is 0. The third-order valence-corrected chi connectivity index (χ3v) is 7.39. The van der Waals surface area contributed by atoms with Crippen molar-refractivity contribution in [3.8, 4) is 0 Å². The van der Waals surface area contributed by atoms with Gasteiger partial charge in [0.1, 0.15) is 0 Å². The molecule has 0 aliphatic carbocycles. The summed E-state index contributed by atoms with van der Waals surface area (Å²) in [6.45, 7) is 7.72. The smallest absolute Gasteiger partial charge is 0.403 e. The lowest BCUT2D eigenvalue weighted by Crippen LogP contribution is -2.38. The van der Waals surface area contributed by atoms with Gasteiger partial charge >= 0.3 is 33.9 Å². The fourth-order valence-electron chi connectivity index (χ4n) is 4.10. The Morgan fingerprint density at radius 3 is 2.00 bits per heavy atom. The van der Waals surface area contributed by atoms with Gasteiger partial charge in [0.05, 0.1) is 31.1 Å². The molecule has 2 rings (SSSR count). The Bertz CT molecular complexity index is 1240. The largest absolute Gasteiger partial charge is 0.481 e. The second kappa shape index (κ2) is 21.3. The molecule has 0 heterocycles. The Balaban J connectivity index is 0.000000487. The zero-order valence-corrected chi connectivity index (χ0v) is 26.8. The summed E-state index contributed by atoms with van der Waals surface area (Å²) in [4.78, 5) is 33.1. The number of carboxylic acids is 1. The second-order valence-corrected chi connectivity index (χ2v) is 11.5. The molecule has 0 bridgehead atoms. The number of ether oxygens (including phenoxy) is 2. The van der Waals surface area contributed by atoms with Crippen molar-refractivity contribution in [1.29, 1.82) is 0 Å². The number of carbonyl (C=O) groups is 2. The number of nitrogens with one attached hydrogen (secondary N) is 3. The molecule has 1 unspecified atom stereocenters. The highest BCUT2D eigenvalue weighted by atomic mass is 31.1. The molecule has 3 atom stereocenters. The maximum absolute atomic E-state index is 12.3. The molecule has 0 radical (unpaired) electrons. The summed E-state index contributed by atoms with van der Waals surface area (Å²) in [5.74, 6) is -1.27. The van der Waals surface area contributed by atoms with Gasteiger partial charge in [0, 0.05) is 36.3 Å². The lowest BCUT2D eigenvalue weighted by molar-refractivity contribution is -0.384. The van der Waals surface area contributed by atoms with Gasteiger partial charge in [0.25, 0.3) is 5.69 Å². The number of aliphatic carboxylic acids is 1. The Morgan fingerprint density at radius 1 is 0.978 bits per heavy atom. The minimum absolute atomic E-state index is 0.115. The number of nitrogen functional groups attached to an aromatic ring is 1. The zero-order chi connectivity index (χ0) is 33.9. The van der Waals surface area contributed by atoms with E-state index >= 15 is 0 Å². The van der Waals surface area contributed by atoms with E-state index in [-0.39, 0.29) is 43.2 Å². The summed E-state index contributed by atoms with van der Waals surface area (Å²) in [7, 11) is -3.44. The van der Waals surface area contributed by atoms with Gasteiger partial charge in [-0.05, 0) is 50.8 Å². The van der Waals surface area contributed by atoms with Gasteiger partial charge in [-0.3, -0.25) is 19.7 Å². The van der Waals surface area contributed by atoms with Crippen molar-refractivity contribution in [1.82, 2.24) is 15.8 Å². The minimum atomic E-state index is -1.75. The van der Waals surface area contributed by atoms with Gasteiger partial charge in [-0.25, -0.2) is 0 Å². The number of nitro benzene ring substituents is 1. The quantitative estimate of drug-likeness (QED) is 0.0289. The van der Waals surface area contributed by atoms with Crippen LogP contribution in [0, 0.1) is 10.1 Å². The number of nitro groups is 1. The molecule has 0 aliphatic heterocycles. The van der Waals surface area contributed by atoms with Crippen LogP contribution in [-0.2, 0) is 23.6 Å². The molecule has 2 aromatic rings. The van der Waals surface area contributed by atoms with Crippen molar-refractivity contribution >= 4 is 45.2 Å². The summed E-state index contributed by atoms with van der Waals surface area (Å²) in [5.41, 5.74) is 7.53. The van der Waals surface area contributed by atoms with Gasteiger partial charge in [-0.15, -0.1) is 0 Å². The molecule has 1 amide bonds. The van der Waals surface area contributed by atoms with Crippen molar-refractivity contribution in [3.05, 3.63) is 69.8 Å². The minimum Gasteiger partial charge on any atom is -0.481 e. The van der Waals surface area contributed by atoms with Crippen molar-refractivity contribution in [2.24, 2.45) is 0 Å². The lowest BCUT2D eigenvalue weighted by atomic mass is 9.85. The monoisotopic (exact) mass is 650 g/mol. The number of anilines is 1. The van der Waals surface area contributed by atoms with Gasteiger partial charge in [-0.2, -0.15) is 0 Å². The number of hydrogen-bond donors (Lipinski definition) is 7. The lowest BCUT2D eigenvalue weighted by Gasteiger charge is -2.20. The molecule has 45 heavy (non-hydrogen) atoms. The number of carboxylic acid groups (broad SMARTS) is 1. The fraction of sp³-hybridized carbons (Fsp3) is 0.481. The number of non-ortho nitro benzene ring substituents is 1. The predicted octanol–water partition coefficient (Wildman–Crippen LogP) is 2.51. The molecule has 246 valence electrons. The first-order valence-corrected chi connectivity index (χ1v) is 15.9. The highest BCUT2D eigenvalue weighted by molar-refractivity contribution is 7.45. The van der Waals surface area contributed by atoms with Gasteiger partial charge < -0.3 is 46.1 Å². The number of nitrogens with zero attached hydrogens (tertiary/aromatic N) is 1. The number of amides is 1. The van der Waals surface area contributed by atoms with Gasteiger partial charge in [-0.1, -0.05) is 28.8 Å². The molecule has 2 aromatic carbocycles. The van der Waals surface area contributed by atoms with Gasteiger partial charge in [0.2, 0.25) is 5.91 Å². The molecule has 0 fully saturated rings. The molecule has 0 saturated heterocycles. The maximum atomic E-state index is 12.3. The summed E-state index contributed by atoms with van der Waals surface area (Å²) in [6.07, 6.45) is 0.107. The summed E-state index contributed by atoms with van der Waals surface area (Å²) in [5, 5.41) is 46.6. The van der Waals surface area contributed by atoms with Crippen LogP contribution in [0.5, 0.6) is 0 Å². The predicted molar refractivity (Wildman–Crippen MR) is 173 cm³/mol. The van der Waals surface area contributed by atoms with Crippen molar-refractivity contribution in [2.45, 2.75) is 58.5 Å². The van der Waals surface area contributed by atoms with E-state index in [1.807, 2.05) is 19.9 Å². The third-order valence-electron chi connectivity index (χ3n) is 5.96. The van der Waals surface area contributed by atoms with Crippen molar-refractivity contribution in [3.63, 3.8) is 0 Å². The zero-order valence-electron chi connectivity index (χ0n) is 25.9. The van der Waals surface area contributed by atoms with Crippen LogP contribution in [0.1, 0.15) is 49.9 Å². The van der Waals surface area contributed by atoms with Crippen LogP contribution in [0.4, 0.5) is 11.4 Å². The van der Waals surface area contributed by atoms with Crippen LogP contribution in [0.15, 0.2) is 48.5 Å². The van der Waals surface area contributed by atoms with Crippen molar-refractivity contribution < 1.29 is 43.7 Å². The fourth-order valence-corrected chi connectivity index (χ4v) is 5.28. The van der Waals surface area contributed by atoms with Crippen LogP contribution in [-0.4, -0.2) is 78.0 Å². The van der Waals surface area contributed by atoms with Crippen molar-refractivity contribution in [2.75, 3.05) is 31.7 Å². The molecule has 0 aromatic heterocycles. The number of rotatable bonds is 19. The normalized spacial score (nSPS) is 12.4. The molecule has 0 spiro atoms. The average molecular weight is 650 g/mol. The third kappa shape index (κ3) is 16.5. The van der Waals surface area contributed by atoms with Gasteiger partial charge in [0.15, 0.2) is 6.16 Å². The SMILES string of the molecule is CB(O)N[C@@H](CC(=O)O)c1cccc([N+](=O)[O-])c1.CCOC(OCC)[P+](=O)CCNC(=O)C[C@H](NB(C)O)c1cccc(N)c1. The second-order valence-electron chi connectivity index (χ2n) is 9.82. The molecule has 0 saturated carbocycles. The molecular weight excluding hydrogens is 607 g/mol. The first-order valence-electron chi connectivity index (χ1n) is 14.4. The molecular formula is C27H43B2N5O10P+. The summed E-state index contributed by atoms with van der Waals surface area (Å²) in [6, 6.07) is 11.0. The van der Waals surface area contributed by atoms with Crippen LogP contribution >= 0.6 is 7.80 Å². The van der Waals surface area contributed by atoms with Crippen LogP contribution in [0.3, 0.4) is 0 Å². The number of carbonyl (C=O) groups excluding carboxylic acids is 1. The molecule has 8 N–H and O–H groups in total. The number of nitrogens with two attached hydrogens (primary N) is 1. The first-order chi connectivity index (χ1) is 21.3. The molecule has 15 nitrogen and oxygen atoms in total. The van der Waals surface area contributed by atoms with E-state index in [9.17, 15) is 34.3 Å². The topological polar surface area (TPSA) is 236 Å². The van der Waals surface area contributed by atoms with E-state index in [2.05, 4.69) is 15.8 Å². The van der Waals surface area contributed by atoms with E-state index < -0.39 is 44.9 Å².